The lowest BCUT2D eigenvalue weighted by Gasteiger charge is -2.18. The van der Waals surface area contributed by atoms with E-state index in [0.717, 1.165) is 27.8 Å². The number of hydrogen-bond acceptors (Lipinski definition) is 7. The molecular formula is C21H22N6O2. The second kappa shape index (κ2) is 6.68. The van der Waals surface area contributed by atoms with E-state index in [9.17, 15) is 10.2 Å². The Labute approximate surface area is 167 Å². The molecule has 1 fully saturated rings. The van der Waals surface area contributed by atoms with Gasteiger partial charge in [0.05, 0.1) is 18.4 Å². The topological polar surface area (TPSA) is 98.8 Å². The summed E-state index contributed by atoms with van der Waals surface area (Å²) in [6.45, 7) is 4.84. The van der Waals surface area contributed by atoms with Gasteiger partial charge in [0, 0.05) is 18.8 Å². The summed E-state index contributed by atoms with van der Waals surface area (Å²) in [5, 5.41) is 23.2. The summed E-state index contributed by atoms with van der Waals surface area (Å²) in [4.78, 5) is 15.7. The first-order valence-electron chi connectivity index (χ1n) is 9.58. The van der Waals surface area contributed by atoms with Crippen molar-refractivity contribution in [2.75, 3.05) is 23.3 Å². The Morgan fingerprint density at radius 2 is 1.72 bits per heavy atom. The molecule has 148 valence electrons. The molecule has 0 unspecified atom stereocenters. The van der Waals surface area contributed by atoms with E-state index >= 15 is 0 Å². The summed E-state index contributed by atoms with van der Waals surface area (Å²) < 4.78 is 1.91. The Kier molecular flexibility index (Phi) is 4.11. The number of aromatic nitrogens is 4. The molecule has 0 saturated carbocycles. The van der Waals surface area contributed by atoms with Crippen LogP contribution in [0.25, 0.3) is 16.7 Å². The first-order valence-corrected chi connectivity index (χ1v) is 9.58. The maximum absolute atomic E-state index is 9.85. The number of β-amino-alcohol motifs (C(OH)–C–C–N with tert-alkyl or cyclic N) is 2. The van der Waals surface area contributed by atoms with Gasteiger partial charge in [-0.15, -0.1) is 0 Å². The zero-order valence-corrected chi connectivity index (χ0v) is 16.2. The number of para-hydroxylation sites is 1. The molecule has 4 heterocycles. The van der Waals surface area contributed by atoms with Crippen LogP contribution in [-0.2, 0) is 0 Å². The first-order chi connectivity index (χ1) is 14.0. The van der Waals surface area contributed by atoms with Crippen LogP contribution in [0.1, 0.15) is 11.1 Å². The molecule has 0 spiro atoms. The van der Waals surface area contributed by atoms with Crippen LogP contribution in [0.4, 0.5) is 17.3 Å². The van der Waals surface area contributed by atoms with Crippen molar-refractivity contribution >= 4 is 34.0 Å². The average molecular weight is 390 g/mol. The third-order valence-electron chi connectivity index (χ3n) is 5.49. The number of benzene rings is 1. The summed E-state index contributed by atoms with van der Waals surface area (Å²) in [7, 11) is 0. The van der Waals surface area contributed by atoms with Crippen LogP contribution in [0, 0.1) is 13.8 Å². The lowest BCUT2D eigenvalue weighted by molar-refractivity contribution is 0.0572. The highest BCUT2D eigenvalue weighted by Gasteiger charge is 2.30. The fraction of sp³-hybridized carbons (Fsp3) is 0.286. The molecule has 8 nitrogen and oxygen atoms in total. The van der Waals surface area contributed by atoms with Crippen molar-refractivity contribution in [3.05, 3.63) is 54.0 Å². The highest BCUT2D eigenvalue weighted by molar-refractivity contribution is 5.85. The van der Waals surface area contributed by atoms with Gasteiger partial charge in [0.1, 0.15) is 23.2 Å². The smallest absolute Gasteiger partial charge is 0.166 e. The van der Waals surface area contributed by atoms with Crippen LogP contribution < -0.4 is 10.2 Å². The number of nitrogens with zero attached hydrogens (tertiary/aromatic N) is 5. The minimum absolute atomic E-state index is 0.354. The predicted octanol–water partition coefficient (Wildman–Crippen LogP) is 2.18. The van der Waals surface area contributed by atoms with E-state index in [1.54, 1.807) is 12.5 Å². The van der Waals surface area contributed by atoms with Crippen molar-refractivity contribution in [3.8, 4) is 0 Å². The van der Waals surface area contributed by atoms with Crippen molar-refractivity contribution in [1.82, 2.24) is 19.4 Å². The van der Waals surface area contributed by atoms with Crippen LogP contribution in [0.5, 0.6) is 0 Å². The van der Waals surface area contributed by atoms with Crippen LogP contribution >= 0.6 is 0 Å². The maximum Gasteiger partial charge on any atom is 0.166 e. The summed E-state index contributed by atoms with van der Waals surface area (Å²) in [5.74, 6) is 1.41. The highest BCUT2D eigenvalue weighted by Crippen LogP contribution is 2.29. The Hall–Kier alpha value is -3.23. The lowest BCUT2D eigenvalue weighted by Crippen LogP contribution is -2.22. The zero-order valence-electron chi connectivity index (χ0n) is 16.2. The van der Waals surface area contributed by atoms with Gasteiger partial charge >= 0.3 is 0 Å². The van der Waals surface area contributed by atoms with Gasteiger partial charge in [0.15, 0.2) is 11.5 Å². The fourth-order valence-corrected chi connectivity index (χ4v) is 3.87. The minimum Gasteiger partial charge on any atom is -0.389 e. The molecule has 8 heteroatoms. The number of anilines is 3. The number of imidazole rings is 1. The minimum atomic E-state index is -0.761. The molecule has 3 aromatic heterocycles. The van der Waals surface area contributed by atoms with Crippen molar-refractivity contribution in [2.45, 2.75) is 26.1 Å². The molecule has 1 saturated heterocycles. The summed E-state index contributed by atoms with van der Waals surface area (Å²) in [6.07, 6.45) is 1.96. The molecule has 1 aliphatic heterocycles. The Morgan fingerprint density at radius 1 is 1.00 bits per heavy atom. The van der Waals surface area contributed by atoms with E-state index in [4.69, 9.17) is 9.97 Å². The standard InChI is InChI=1S/C21H22N6O2/c1-12-4-3-5-13(2)19(12)25-20-15-8-22-11-27(15)21-14(23-20)6-7-18(24-21)26-9-16(28)17(29)10-26/h3-8,11,16-17,28-29H,9-10H2,1-2H3,(H,23,25)/t16-,17-/m0/s1. The van der Waals surface area contributed by atoms with Crippen molar-refractivity contribution in [3.63, 3.8) is 0 Å². The molecule has 0 aliphatic carbocycles. The van der Waals surface area contributed by atoms with Crippen molar-refractivity contribution in [1.29, 1.82) is 0 Å². The summed E-state index contributed by atoms with van der Waals surface area (Å²) in [6, 6.07) is 9.94. The molecule has 0 radical (unpaired) electrons. The number of rotatable bonds is 3. The monoisotopic (exact) mass is 390 g/mol. The number of nitrogens with one attached hydrogen (secondary N) is 1. The Bertz CT molecular complexity index is 1190. The third-order valence-corrected chi connectivity index (χ3v) is 5.49. The highest BCUT2D eigenvalue weighted by atomic mass is 16.3. The second-order valence-corrected chi connectivity index (χ2v) is 7.55. The third kappa shape index (κ3) is 2.97. The van der Waals surface area contributed by atoms with Gasteiger partial charge in [0.25, 0.3) is 0 Å². The molecule has 4 aromatic rings. The van der Waals surface area contributed by atoms with Gasteiger partial charge in [-0.3, -0.25) is 4.40 Å². The number of aliphatic hydroxyl groups excluding tert-OH is 2. The number of fused-ring (bicyclic) bond motifs is 3. The van der Waals surface area contributed by atoms with Gasteiger partial charge < -0.3 is 20.4 Å². The Balaban J connectivity index is 1.61. The number of pyridine rings is 1. The molecule has 3 N–H and O–H groups in total. The van der Waals surface area contributed by atoms with E-state index in [2.05, 4.69) is 36.3 Å². The second-order valence-electron chi connectivity index (χ2n) is 7.55. The van der Waals surface area contributed by atoms with E-state index in [1.807, 2.05) is 27.5 Å². The van der Waals surface area contributed by atoms with Crippen LogP contribution in [-0.4, -0.2) is 54.9 Å². The van der Waals surface area contributed by atoms with E-state index in [0.29, 0.717) is 30.4 Å². The average Bonchev–Trinajstić information content (AvgIpc) is 3.32. The van der Waals surface area contributed by atoms with Gasteiger partial charge in [-0.1, -0.05) is 18.2 Å². The summed E-state index contributed by atoms with van der Waals surface area (Å²) >= 11 is 0. The van der Waals surface area contributed by atoms with Crippen molar-refractivity contribution < 1.29 is 10.2 Å². The van der Waals surface area contributed by atoms with Gasteiger partial charge in [-0.05, 0) is 37.1 Å². The molecule has 29 heavy (non-hydrogen) atoms. The normalized spacial score (nSPS) is 19.4. The van der Waals surface area contributed by atoms with Gasteiger partial charge in [0.2, 0.25) is 0 Å². The zero-order chi connectivity index (χ0) is 20.1. The largest absolute Gasteiger partial charge is 0.389 e. The first kappa shape index (κ1) is 17.8. The molecule has 5 rings (SSSR count). The molecule has 0 amide bonds. The Morgan fingerprint density at radius 3 is 2.45 bits per heavy atom. The van der Waals surface area contributed by atoms with Gasteiger partial charge in [-0.2, -0.15) is 0 Å². The lowest BCUT2D eigenvalue weighted by atomic mass is 10.1. The molecule has 2 atom stereocenters. The van der Waals surface area contributed by atoms with Crippen LogP contribution in [0.2, 0.25) is 0 Å². The summed E-state index contributed by atoms with van der Waals surface area (Å²) in [5.41, 5.74) is 5.55. The van der Waals surface area contributed by atoms with E-state index < -0.39 is 12.2 Å². The predicted molar refractivity (Wildman–Crippen MR) is 112 cm³/mol. The molecular weight excluding hydrogens is 368 g/mol. The molecule has 0 bridgehead atoms. The van der Waals surface area contributed by atoms with Crippen LogP contribution in [0.3, 0.4) is 0 Å². The van der Waals surface area contributed by atoms with E-state index in [1.165, 1.54) is 0 Å². The molecule has 1 aliphatic rings. The number of aryl methyl sites for hydroxylation is 2. The fourth-order valence-electron chi connectivity index (χ4n) is 3.87. The SMILES string of the molecule is Cc1cccc(C)c1Nc1nc2ccc(N3C[C@H](O)[C@@H](O)C3)nc2n2cncc12. The molecule has 1 aromatic carbocycles. The van der Waals surface area contributed by atoms with Crippen LogP contribution in [0.15, 0.2) is 42.9 Å². The maximum atomic E-state index is 9.85. The van der Waals surface area contributed by atoms with E-state index in [-0.39, 0.29) is 0 Å². The van der Waals surface area contributed by atoms with Crippen molar-refractivity contribution in [2.24, 2.45) is 0 Å². The number of hydrogen-bond donors (Lipinski definition) is 3. The number of aliphatic hydroxyl groups is 2. The van der Waals surface area contributed by atoms with Gasteiger partial charge in [-0.25, -0.2) is 15.0 Å². The quantitative estimate of drug-likeness (QED) is 0.493.